The van der Waals surface area contributed by atoms with Gasteiger partial charge in [-0.15, -0.1) is 0 Å². The summed E-state index contributed by atoms with van der Waals surface area (Å²) in [7, 11) is 0. The number of hydrogen-bond acceptors (Lipinski definition) is 5. The molecule has 0 bridgehead atoms. The SMILES string of the molecule is CCNC(=O)CN1CCN(C(=O)C(C)N2C(=O)NC3(CCCC3)C2=O)CC1. The molecule has 1 spiro atoms. The minimum Gasteiger partial charge on any atom is -0.355 e. The summed E-state index contributed by atoms with van der Waals surface area (Å²) in [6.45, 7) is 6.58. The minimum atomic E-state index is -0.813. The number of nitrogens with zero attached hydrogens (tertiary/aromatic N) is 3. The van der Waals surface area contributed by atoms with Crippen LogP contribution in [-0.2, 0) is 14.4 Å². The monoisotopic (exact) mass is 379 g/mol. The second-order valence-electron chi connectivity index (χ2n) is 7.63. The van der Waals surface area contributed by atoms with Gasteiger partial charge in [-0.25, -0.2) is 9.69 Å². The summed E-state index contributed by atoms with van der Waals surface area (Å²) in [4.78, 5) is 54.5. The van der Waals surface area contributed by atoms with Crippen molar-refractivity contribution in [3.8, 4) is 0 Å². The Morgan fingerprint density at radius 1 is 1.15 bits per heavy atom. The van der Waals surface area contributed by atoms with Gasteiger partial charge >= 0.3 is 6.03 Å². The highest BCUT2D eigenvalue weighted by Crippen LogP contribution is 2.35. The van der Waals surface area contributed by atoms with Crippen LogP contribution in [-0.4, -0.2) is 89.3 Å². The first-order valence-electron chi connectivity index (χ1n) is 9.81. The van der Waals surface area contributed by atoms with E-state index in [2.05, 4.69) is 10.6 Å². The Bertz CT molecular complexity index is 623. The van der Waals surface area contributed by atoms with Crippen molar-refractivity contribution in [1.82, 2.24) is 25.3 Å². The third-order valence-corrected chi connectivity index (χ3v) is 5.82. The summed E-state index contributed by atoms with van der Waals surface area (Å²) in [5, 5.41) is 5.59. The summed E-state index contributed by atoms with van der Waals surface area (Å²) in [6.07, 6.45) is 3.12. The fourth-order valence-corrected chi connectivity index (χ4v) is 4.27. The van der Waals surface area contributed by atoms with Gasteiger partial charge in [-0.05, 0) is 26.7 Å². The number of piperazine rings is 1. The molecule has 9 heteroatoms. The predicted octanol–water partition coefficient (Wildman–Crippen LogP) is -0.480. The van der Waals surface area contributed by atoms with Crippen LogP contribution in [0.15, 0.2) is 0 Å². The van der Waals surface area contributed by atoms with Crippen molar-refractivity contribution >= 4 is 23.8 Å². The van der Waals surface area contributed by atoms with Gasteiger partial charge in [0.15, 0.2) is 0 Å². The highest BCUT2D eigenvalue weighted by molar-refractivity contribution is 6.10. The zero-order chi connectivity index (χ0) is 19.6. The second kappa shape index (κ2) is 7.84. The predicted molar refractivity (Wildman–Crippen MR) is 97.7 cm³/mol. The summed E-state index contributed by atoms with van der Waals surface area (Å²) in [5.41, 5.74) is -0.795. The molecular formula is C18H29N5O4. The molecule has 1 aliphatic carbocycles. The van der Waals surface area contributed by atoms with Crippen molar-refractivity contribution in [2.24, 2.45) is 0 Å². The lowest BCUT2D eigenvalue weighted by molar-refractivity contribution is -0.144. The Morgan fingerprint density at radius 2 is 1.78 bits per heavy atom. The zero-order valence-electron chi connectivity index (χ0n) is 16.1. The van der Waals surface area contributed by atoms with Crippen LogP contribution in [0.1, 0.15) is 39.5 Å². The topological polar surface area (TPSA) is 102 Å². The van der Waals surface area contributed by atoms with Gasteiger partial charge in [0.25, 0.3) is 5.91 Å². The molecule has 9 nitrogen and oxygen atoms in total. The number of carbonyl (C=O) groups is 4. The van der Waals surface area contributed by atoms with E-state index < -0.39 is 17.6 Å². The first-order valence-corrected chi connectivity index (χ1v) is 9.81. The maximum Gasteiger partial charge on any atom is 0.325 e. The molecule has 2 heterocycles. The van der Waals surface area contributed by atoms with Crippen LogP contribution in [0.3, 0.4) is 0 Å². The summed E-state index contributed by atoms with van der Waals surface area (Å²) in [6, 6.07) is -1.27. The molecule has 1 unspecified atom stereocenters. The molecule has 2 N–H and O–H groups in total. The van der Waals surface area contributed by atoms with Gasteiger partial charge in [0, 0.05) is 32.7 Å². The van der Waals surface area contributed by atoms with E-state index in [1.165, 1.54) is 0 Å². The molecular weight excluding hydrogens is 350 g/mol. The third-order valence-electron chi connectivity index (χ3n) is 5.82. The zero-order valence-corrected chi connectivity index (χ0v) is 16.1. The van der Waals surface area contributed by atoms with Crippen LogP contribution in [0.4, 0.5) is 4.79 Å². The van der Waals surface area contributed by atoms with Crippen molar-refractivity contribution in [1.29, 1.82) is 0 Å². The van der Waals surface area contributed by atoms with E-state index in [0.717, 1.165) is 17.7 Å². The first kappa shape index (κ1) is 19.6. The number of nitrogens with one attached hydrogen (secondary N) is 2. The van der Waals surface area contributed by atoms with Gasteiger partial charge in [-0.1, -0.05) is 12.8 Å². The number of likely N-dealkylation sites (N-methyl/N-ethyl adjacent to an activating group) is 1. The number of imide groups is 1. The second-order valence-corrected chi connectivity index (χ2v) is 7.63. The molecule has 150 valence electrons. The van der Waals surface area contributed by atoms with Crippen molar-refractivity contribution in [2.45, 2.75) is 51.1 Å². The fraction of sp³-hybridized carbons (Fsp3) is 0.778. The van der Waals surface area contributed by atoms with Gasteiger partial charge in [0.2, 0.25) is 11.8 Å². The van der Waals surface area contributed by atoms with E-state index in [-0.39, 0.29) is 17.7 Å². The molecule has 5 amide bonds. The van der Waals surface area contributed by atoms with Gasteiger partial charge in [-0.2, -0.15) is 0 Å². The Morgan fingerprint density at radius 3 is 2.37 bits per heavy atom. The van der Waals surface area contributed by atoms with Gasteiger partial charge in [0.05, 0.1) is 6.54 Å². The first-order chi connectivity index (χ1) is 12.9. The molecule has 2 aliphatic heterocycles. The van der Waals surface area contributed by atoms with Crippen LogP contribution in [0.5, 0.6) is 0 Å². The van der Waals surface area contributed by atoms with E-state index in [1.54, 1.807) is 11.8 Å². The van der Waals surface area contributed by atoms with Gasteiger partial charge in [0.1, 0.15) is 11.6 Å². The lowest BCUT2D eigenvalue weighted by Crippen LogP contribution is -2.56. The normalized spacial score (nSPS) is 23.6. The van der Waals surface area contributed by atoms with Crippen molar-refractivity contribution in [3.63, 3.8) is 0 Å². The van der Waals surface area contributed by atoms with Crippen LogP contribution in [0, 0.1) is 0 Å². The average molecular weight is 379 g/mol. The van der Waals surface area contributed by atoms with Crippen molar-refractivity contribution in [3.05, 3.63) is 0 Å². The molecule has 3 fully saturated rings. The fourth-order valence-electron chi connectivity index (χ4n) is 4.27. The number of rotatable bonds is 5. The standard InChI is InChI=1S/C18H29N5O4/c1-3-19-14(24)12-21-8-10-22(11-9-21)15(25)13(2)23-16(26)18(20-17(23)27)6-4-5-7-18/h13H,3-12H2,1-2H3,(H,19,24)(H,20,27). The maximum absolute atomic E-state index is 12.9. The number of urea groups is 1. The minimum absolute atomic E-state index is 0.0214. The summed E-state index contributed by atoms with van der Waals surface area (Å²) in [5.74, 6) is -0.501. The molecule has 0 aromatic carbocycles. The number of carbonyl (C=O) groups excluding carboxylic acids is 4. The lowest BCUT2D eigenvalue weighted by atomic mass is 9.97. The highest BCUT2D eigenvalue weighted by Gasteiger charge is 2.54. The Kier molecular flexibility index (Phi) is 5.69. The van der Waals surface area contributed by atoms with Crippen molar-refractivity contribution in [2.75, 3.05) is 39.3 Å². The van der Waals surface area contributed by atoms with E-state index >= 15 is 0 Å². The van der Waals surface area contributed by atoms with Gasteiger partial charge < -0.3 is 15.5 Å². The Balaban J connectivity index is 1.56. The van der Waals surface area contributed by atoms with E-state index in [4.69, 9.17) is 0 Å². The molecule has 3 rings (SSSR count). The molecule has 27 heavy (non-hydrogen) atoms. The number of amides is 5. The molecule has 2 saturated heterocycles. The summed E-state index contributed by atoms with van der Waals surface area (Å²) < 4.78 is 0. The van der Waals surface area contributed by atoms with Crippen LogP contribution in [0.25, 0.3) is 0 Å². The van der Waals surface area contributed by atoms with Gasteiger partial charge in [-0.3, -0.25) is 19.3 Å². The number of hydrogen-bond donors (Lipinski definition) is 2. The summed E-state index contributed by atoms with van der Waals surface area (Å²) >= 11 is 0. The maximum atomic E-state index is 12.9. The third kappa shape index (κ3) is 3.78. The largest absolute Gasteiger partial charge is 0.355 e. The van der Waals surface area contributed by atoms with Crippen LogP contribution in [0.2, 0.25) is 0 Å². The Labute approximate surface area is 159 Å². The highest BCUT2D eigenvalue weighted by atomic mass is 16.2. The quantitative estimate of drug-likeness (QED) is 0.628. The van der Waals surface area contributed by atoms with Crippen LogP contribution < -0.4 is 10.6 Å². The van der Waals surface area contributed by atoms with E-state index in [9.17, 15) is 19.2 Å². The van der Waals surface area contributed by atoms with E-state index in [0.29, 0.717) is 52.1 Å². The molecule has 1 saturated carbocycles. The van der Waals surface area contributed by atoms with E-state index in [1.807, 2.05) is 11.8 Å². The molecule has 0 aromatic heterocycles. The molecule has 0 radical (unpaired) electrons. The average Bonchev–Trinajstić information content (AvgIpc) is 3.20. The smallest absolute Gasteiger partial charge is 0.325 e. The Hall–Kier alpha value is -2.16. The molecule has 0 aromatic rings. The van der Waals surface area contributed by atoms with Crippen LogP contribution >= 0.6 is 0 Å². The van der Waals surface area contributed by atoms with Crippen molar-refractivity contribution < 1.29 is 19.2 Å². The molecule has 3 aliphatic rings. The lowest BCUT2D eigenvalue weighted by Gasteiger charge is -2.36. The molecule has 1 atom stereocenters.